The summed E-state index contributed by atoms with van der Waals surface area (Å²) in [5.41, 5.74) is -1.27. The smallest absolute Gasteiger partial charge is 0.417 e. The Morgan fingerprint density at radius 3 is 2.50 bits per heavy atom. The van der Waals surface area contributed by atoms with Crippen LogP contribution < -0.4 is 0 Å². The minimum atomic E-state index is -4.60. The van der Waals surface area contributed by atoms with Crippen molar-refractivity contribution in [2.75, 3.05) is 7.11 Å². The third-order valence-electron chi connectivity index (χ3n) is 2.12. The molecule has 18 heavy (non-hydrogen) atoms. The van der Waals surface area contributed by atoms with Crippen molar-refractivity contribution in [2.24, 2.45) is 0 Å². The van der Waals surface area contributed by atoms with Crippen molar-refractivity contribution in [1.82, 2.24) is 0 Å². The second kappa shape index (κ2) is 5.48. The highest BCUT2D eigenvalue weighted by molar-refractivity contribution is 5.87. The molecule has 0 unspecified atom stereocenters. The summed E-state index contributed by atoms with van der Waals surface area (Å²) in [4.78, 5) is 21.3. The minimum Gasteiger partial charge on any atom is -0.466 e. The highest BCUT2D eigenvalue weighted by Crippen LogP contribution is 2.33. The molecule has 0 fully saturated rings. The topological polar surface area (TPSA) is 43.4 Å². The molecule has 0 aliphatic rings. The number of rotatable bonds is 3. The van der Waals surface area contributed by atoms with E-state index in [0.717, 1.165) is 31.4 Å². The van der Waals surface area contributed by atoms with Crippen LogP contribution in [-0.4, -0.2) is 19.4 Å². The van der Waals surface area contributed by atoms with Crippen LogP contribution in [0.25, 0.3) is 6.08 Å². The zero-order valence-electron chi connectivity index (χ0n) is 9.32. The molecule has 0 saturated carbocycles. The van der Waals surface area contributed by atoms with Gasteiger partial charge in [0.15, 0.2) is 0 Å². The van der Waals surface area contributed by atoms with Gasteiger partial charge in [0, 0.05) is 11.6 Å². The predicted octanol–water partition coefficient (Wildman–Crippen LogP) is 2.70. The second-order valence-electron chi connectivity index (χ2n) is 3.32. The summed E-state index contributed by atoms with van der Waals surface area (Å²) >= 11 is 0. The monoisotopic (exact) mass is 258 g/mol. The lowest BCUT2D eigenvalue weighted by Crippen LogP contribution is -2.08. The summed E-state index contributed by atoms with van der Waals surface area (Å²) in [7, 11) is 1.12. The molecule has 6 heteroatoms. The third-order valence-corrected chi connectivity index (χ3v) is 2.12. The molecule has 0 aromatic heterocycles. The van der Waals surface area contributed by atoms with E-state index in [1.807, 2.05) is 0 Å². The van der Waals surface area contributed by atoms with Gasteiger partial charge in [-0.1, -0.05) is 12.1 Å². The van der Waals surface area contributed by atoms with Crippen LogP contribution in [0.15, 0.2) is 24.3 Å². The number of benzene rings is 1. The summed E-state index contributed by atoms with van der Waals surface area (Å²) in [6, 6.07) is 3.08. The number of hydrogen-bond acceptors (Lipinski definition) is 3. The molecular formula is C12H9F3O3. The number of ether oxygens (including phenoxy) is 1. The van der Waals surface area contributed by atoms with Crippen molar-refractivity contribution in [3.8, 4) is 0 Å². The molecule has 1 aromatic carbocycles. The fourth-order valence-electron chi connectivity index (χ4n) is 1.26. The maximum absolute atomic E-state index is 12.7. The van der Waals surface area contributed by atoms with Gasteiger partial charge in [-0.3, -0.25) is 4.79 Å². The number of aldehydes is 1. The average molecular weight is 258 g/mol. The van der Waals surface area contributed by atoms with Crippen molar-refractivity contribution < 1.29 is 27.5 Å². The fourth-order valence-corrected chi connectivity index (χ4v) is 1.26. The number of hydrogen-bond donors (Lipinski definition) is 0. The Kier molecular flexibility index (Phi) is 4.25. The molecule has 0 atom stereocenters. The highest BCUT2D eigenvalue weighted by atomic mass is 19.4. The first-order chi connectivity index (χ1) is 8.38. The lowest BCUT2D eigenvalue weighted by Gasteiger charge is -2.10. The lowest BCUT2D eigenvalue weighted by molar-refractivity contribution is -0.138. The van der Waals surface area contributed by atoms with Crippen LogP contribution in [0.5, 0.6) is 0 Å². The molecule has 0 aliphatic carbocycles. The predicted molar refractivity (Wildman–Crippen MR) is 57.9 cm³/mol. The van der Waals surface area contributed by atoms with Crippen LogP contribution >= 0.6 is 0 Å². The minimum absolute atomic E-state index is 0.0856. The van der Waals surface area contributed by atoms with E-state index in [4.69, 9.17) is 0 Å². The Balaban J connectivity index is 3.23. The standard InChI is InChI=1S/C12H9F3O3/c1-18-11(17)5-4-9-3-2-8(7-16)6-10(9)12(13,14)15/h2-7H,1H3. The van der Waals surface area contributed by atoms with E-state index in [-0.39, 0.29) is 11.1 Å². The summed E-state index contributed by atoms with van der Waals surface area (Å²) in [5.74, 6) is -0.761. The summed E-state index contributed by atoms with van der Waals surface area (Å²) in [6.45, 7) is 0. The molecule has 1 rings (SSSR count). The normalized spacial score (nSPS) is 11.6. The van der Waals surface area contributed by atoms with Crippen molar-refractivity contribution in [3.05, 3.63) is 41.0 Å². The van der Waals surface area contributed by atoms with E-state index in [9.17, 15) is 22.8 Å². The Labute approximate surface area is 101 Å². The number of alkyl halides is 3. The number of carbonyl (C=O) groups excluding carboxylic acids is 2. The Morgan fingerprint density at radius 2 is 2.00 bits per heavy atom. The largest absolute Gasteiger partial charge is 0.466 e. The quantitative estimate of drug-likeness (QED) is 0.475. The van der Waals surface area contributed by atoms with Crippen LogP contribution in [0, 0.1) is 0 Å². The van der Waals surface area contributed by atoms with Gasteiger partial charge < -0.3 is 4.74 Å². The van der Waals surface area contributed by atoms with Gasteiger partial charge in [-0.15, -0.1) is 0 Å². The van der Waals surface area contributed by atoms with E-state index in [1.54, 1.807) is 0 Å². The average Bonchev–Trinajstić information content (AvgIpc) is 2.34. The Hall–Kier alpha value is -2.11. The van der Waals surface area contributed by atoms with E-state index in [1.165, 1.54) is 6.07 Å². The zero-order chi connectivity index (χ0) is 13.8. The summed E-state index contributed by atoms with van der Waals surface area (Å²) in [5, 5.41) is 0. The van der Waals surface area contributed by atoms with Crippen LogP contribution in [0.2, 0.25) is 0 Å². The van der Waals surface area contributed by atoms with E-state index < -0.39 is 17.7 Å². The second-order valence-corrected chi connectivity index (χ2v) is 3.32. The Morgan fingerprint density at radius 1 is 1.33 bits per heavy atom. The maximum atomic E-state index is 12.7. The molecule has 0 N–H and O–H groups in total. The summed E-state index contributed by atoms with van der Waals surface area (Å²) < 4.78 is 42.4. The van der Waals surface area contributed by atoms with Crippen molar-refractivity contribution in [2.45, 2.75) is 6.18 Å². The molecular weight excluding hydrogens is 249 g/mol. The molecule has 96 valence electrons. The fraction of sp³-hybridized carbons (Fsp3) is 0.167. The molecule has 0 amide bonds. The van der Waals surface area contributed by atoms with Gasteiger partial charge in [-0.2, -0.15) is 13.2 Å². The first-order valence-corrected chi connectivity index (χ1v) is 4.81. The van der Waals surface area contributed by atoms with Crippen LogP contribution in [0.4, 0.5) is 13.2 Å². The van der Waals surface area contributed by atoms with Crippen molar-refractivity contribution in [1.29, 1.82) is 0 Å². The number of esters is 1. The molecule has 0 aliphatic heterocycles. The van der Waals surface area contributed by atoms with E-state index in [2.05, 4.69) is 4.74 Å². The number of carbonyl (C=O) groups is 2. The number of halogens is 3. The summed E-state index contributed by atoms with van der Waals surface area (Å²) in [6.07, 6.45) is -2.41. The lowest BCUT2D eigenvalue weighted by atomic mass is 10.0. The van der Waals surface area contributed by atoms with Crippen LogP contribution in [-0.2, 0) is 15.7 Å². The first kappa shape index (κ1) is 14.0. The number of methoxy groups -OCH3 is 1. The molecule has 0 saturated heterocycles. The van der Waals surface area contributed by atoms with Crippen molar-refractivity contribution in [3.63, 3.8) is 0 Å². The van der Waals surface area contributed by atoms with Crippen LogP contribution in [0.3, 0.4) is 0 Å². The third kappa shape index (κ3) is 3.44. The van der Waals surface area contributed by atoms with Gasteiger partial charge in [0.1, 0.15) is 6.29 Å². The molecule has 0 spiro atoms. The van der Waals surface area contributed by atoms with Gasteiger partial charge in [0.2, 0.25) is 0 Å². The van der Waals surface area contributed by atoms with Crippen molar-refractivity contribution >= 4 is 18.3 Å². The zero-order valence-corrected chi connectivity index (χ0v) is 9.32. The Bertz CT molecular complexity index is 490. The first-order valence-electron chi connectivity index (χ1n) is 4.81. The SMILES string of the molecule is COC(=O)C=Cc1ccc(C=O)cc1C(F)(F)F. The van der Waals surface area contributed by atoms with E-state index >= 15 is 0 Å². The highest BCUT2D eigenvalue weighted by Gasteiger charge is 2.33. The van der Waals surface area contributed by atoms with Gasteiger partial charge in [0.25, 0.3) is 0 Å². The molecule has 3 nitrogen and oxygen atoms in total. The molecule has 0 heterocycles. The molecule has 0 radical (unpaired) electrons. The van der Waals surface area contributed by atoms with Crippen LogP contribution in [0.1, 0.15) is 21.5 Å². The molecule has 0 bridgehead atoms. The van der Waals surface area contributed by atoms with E-state index in [0.29, 0.717) is 6.29 Å². The molecule has 1 aromatic rings. The maximum Gasteiger partial charge on any atom is 0.417 e. The van der Waals surface area contributed by atoms with Gasteiger partial charge >= 0.3 is 12.1 Å². The van der Waals surface area contributed by atoms with Gasteiger partial charge in [0.05, 0.1) is 12.7 Å². The van der Waals surface area contributed by atoms with Gasteiger partial charge in [-0.25, -0.2) is 4.79 Å². The van der Waals surface area contributed by atoms with Gasteiger partial charge in [-0.05, 0) is 17.7 Å².